The quantitative estimate of drug-likeness (QED) is 0.480. The van der Waals surface area contributed by atoms with Crippen molar-refractivity contribution in [2.75, 3.05) is 18.9 Å². The summed E-state index contributed by atoms with van der Waals surface area (Å²) in [6.45, 7) is 0.338. The van der Waals surface area contributed by atoms with Crippen molar-refractivity contribution in [2.24, 2.45) is 5.92 Å². The van der Waals surface area contributed by atoms with Gasteiger partial charge in [0.2, 0.25) is 10.0 Å². The van der Waals surface area contributed by atoms with Gasteiger partial charge in [0.25, 0.3) is 0 Å². The van der Waals surface area contributed by atoms with Crippen LogP contribution in [0.3, 0.4) is 0 Å². The molecule has 4 nitrogen and oxygen atoms in total. The topological polar surface area (TPSA) is 66.4 Å². The molecule has 1 unspecified atom stereocenters. The number of rotatable bonds is 1. The van der Waals surface area contributed by atoms with Gasteiger partial charge >= 0.3 is 0 Å². The molecule has 9 heavy (non-hydrogen) atoms. The minimum absolute atomic E-state index is 0.0494. The van der Waals surface area contributed by atoms with E-state index in [0.717, 1.165) is 0 Å². The standard InChI is InChI=1S/C4H9NO3S/c6-2-4-1-5-9(7,8)3-4/h4-6H,1-3H2. The van der Waals surface area contributed by atoms with E-state index in [9.17, 15) is 8.42 Å². The van der Waals surface area contributed by atoms with E-state index in [2.05, 4.69) is 4.72 Å². The van der Waals surface area contributed by atoms with Crippen molar-refractivity contribution in [1.29, 1.82) is 0 Å². The van der Waals surface area contributed by atoms with Gasteiger partial charge in [0.05, 0.1) is 5.75 Å². The Bertz CT molecular complexity index is 186. The number of aliphatic hydroxyl groups is 1. The molecule has 54 valence electrons. The fourth-order valence-corrected chi connectivity index (χ4v) is 2.24. The molecular weight excluding hydrogens is 142 g/mol. The second-order valence-corrected chi connectivity index (χ2v) is 4.03. The van der Waals surface area contributed by atoms with Gasteiger partial charge in [-0.25, -0.2) is 13.1 Å². The minimum atomic E-state index is -3.02. The maximum atomic E-state index is 10.6. The van der Waals surface area contributed by atoms with Crippen LogP contribution in [-0.4, -0.2) is 32.4 Å². The monoisotopic (exact) mass is 151 g/mol. The molecule has 1 rings (SSSR count). The van der Waals surface area contributed by atoms with Crippen LogP contribution in [0.1, 0.15) is 0 Å². The molecule has 0 amide bonds. The van der Waals surface area contributed by atoms with E-state index in [1.165, 1.54) is 0 Å². The molecule has 1 heterocycles. The Morgan fingerprint density at radius 1 is 1.67 bits per heavy atom. The summed E-state index contributed by atoms with van der Waals surface area (Å²) in [5.41, 5.74) is 0. The van der Waals surface area contributed by atoms with Gasteiger partial charge in [0.1, 0.15) is 0 Å². The molecule has 0 aliphatic carbocycles. The summed E-state index contributed by atoms with van der Waals surface area (Å²) in [5.74, 6) is -0.0289. The Hall–Kier alpha value is -0.130. The number of hydrogen-bond acceptors (Lipinski definition) is 3. The van der Waals surface area contributed by atoms with Gasteiger partial charge in [-0.2, -0.15) is 0 Å². The highest BCUT2D eigenvalue weighted by molar-refractivity contribution is 7.89. The summed E-state index contributed by atoms with van der Waals surface area (Å²) < 4.78 is 23.5. The fraction of sp³-hybridized carbons (Fsp3) is 1.00. The van der Waals surface area contributed by atoms with Gasteiger partial charge in [-0.1, -0.05) is 0 Å². The second-order valence-electron chi connectivity index (χ2n) is 2.18. The summed E-state index contributed by atoms with van der Waals surface area (Å²) in [6.07, 6.45) is 0. The SMILES string of the molecule is O=S1(=O)CC(CO)CN1. The highest BCUT2D eigenvalue weighted by atomic mass is 32.2. The molecule has 0 saturated carbocycles. The average Bonchev–Trinajstić information content (AvgIpc) is 2.10. The first-order valence-electron chi connectivity index (χ1n) is 2.72. The van der Waals surface area contributed by atoms with Crippen LogP contribution in [-0.2, 0) is 10.0 Å². The van der Waals surface area contributed by atoms with Crippen LogP contribution in [0.15, 0.2) is 0 Å². The van der Waals surface area contributed by atoms with Crippen molar-refractivity contribution in [1.82, 2.24) is 4.72 Å². The van der Waals surface area contributed by atoms with Crippen molar-refractivity contribution in [3.63, 3.8) is 0 Å². The Balaban J connectivity index is 2.58. The fourth-order valence-electron chi connectivity index (χ4n) is 0.790. The van der Waals surface area contributed by atoms with E-state index in [0.29, 0.717) is 6.54 Å². The highest BCUT2D eigenvalue weighted by Gasteiger charge is 2.25. The van der Waals surface area contributed by atoms with Crippen molar-refractivity contribution in [2.45, 2.75) is 0 Å². The van der Waals surface area contributed by atoms with Crippen LogP contribution in [0, 0.1) is 5.92 Å². The molecule has 0 spiro atoms. The van der Waals surface area contributed by atoms with Gasteiger partial charge in [-0.15, -0.1) is 0 Å². The molecule has 0 bridgehead atoms. The van der Waals surface area contributed by atoms with Gasteiger partial charge in [0, 0.05) is 19.1 Å². The molecule has 0 aromatic heterocycles. The van der Waals surface area contributed by atoms with Gasteiger partial charge in [-0.05, 0) is 0 Å². The van der Waals surface area contributed by atoms with Crippen molar-refractivity contribution in [3.8, 4) is 0 Å². The molecule has 0 radical (unpaired) electrons. The first kappa shape index (κ1) is 6.98. The lowest BCUT2D eigenvalue weighted by Gasteiger charge is -1.95. The smallest absolute Gasteiger partial charge is 0.212 e. The third kappa shape index (κ3) is 1.64. The molecule has 0 aromatic rings. The number of sulfonamides is 1. The third-order valence-electron chi connectivity index (χ3n) is 1.31. The molecule has 1 atom stereocenters. The summed E-state index contributed by atoms with van der Waals surface area (Å²) >= 11 is 0. The Morgan fingerprint density at radius 3 is 2.56 bits per heavy atom. The molecule has 1 aliphatic rings. The zero-order valence-corrected chi connectivity index (χ0v) is 5.69. The zero-order chi connectivity index (χ0) is 6.91. The number of hydrogen-bond donors (Lipinski definition) is 2. The molecule has 0 aromatic carbocycles. The Labute approximate surface area is 53.9 Å². The van der Waals surface area contributed by atoms with Crippen molar-refractivity contribution in [3.05, 3.63) is 0 Å². The van der Waals surface area contributed by atoms with Crippen LogP contribution in [0.5, 0.6) is 0 Å². The molecule has 5 heteroatoms. The van der Waals surface area contributed by atoms with Crippen LogP contribution in [0.25, 0.3) is 0 Å². The normalized spacial score (nSPS) is 32.8. The minimum Gasteiger partial charge on any atom is -0.396 e. The predicted octanol–water partition coefficient (Wildman–Crippen LogP) is -1.47. The maximum Gasteiger partial charge on any atom is 0.212 e. The van der Waals surface area contributed by atoms with Crippen LogP contribution < -0.4 is 4.72 Å². The predicted molar refractivity (Wildman–Crippen MR) is 32.4 cm³/mol. The van der Waals surface area contributed by atoms with E-state index in [1.54, 1.807) is 0 Å². The van der Waals surface area contributed by atoms with E-state index >= 15 is 0 Å². The third-order valence-corrected chi connectivity index (χ3v) is 2.82. The van der Waals surface area contributed by atoms with E-state index in [-0.39, 0.29) is 18.3 Å². The molecule has 1 saturated heterocycles. The van der Waals surface area contributed by atoms with E-state index in [4.69, 9.17) is 5.11 Å². The highest BCUT2D eigenvalue weighted by Crippen LogP contribution is 2.05. The maximum absolute atomic E-state index is 10.6. The number of aliphatic hydroxyl groups excluding tert-OH is 1. The average molecular weight is 151 g/mol. The molecule has 2 N–H and O–H groups in total. The molecule has 1 aliphatic heterocycles. The first-order valence-corrected chi connectivity index (χ1v) is 4.37. The summed E-state index contributed by atoms with van der Waals surface area (Å²) in [6, 6.07) is 0. The lowest BCUT2D eigenvalue weighted by Crippen LogP contribution is -2.15. The lowest BCUT2D eigenvalue weighted by atomic mass is 10.2. The Kier molecular flexibility index (Phi) is 1.74. The zero-order valence-electron chi connectivity index (χ0n) is 4.87. The van der Waals surface area contributed by atoms with Crippen LogP contribution in [0.2, 0.25) is 0 Å². The van der Waals surface area contributed by atoms with Gasteiger partial charge in [-0.3, -0.25) is 0 Å². The van der Waals surface area contributed by atoms with Gasteiger partial charge in [0.15, 0.2) is 0 Å². The van der Waals surface area contributed by atoms with Crippen molar-refractivity contribution >= 4 is 10.0 Å². The first-order chi connectivity index (χ1) is 4.14. The van der Waals surface area contributed by atoms with Crippen molar-refractivity contribution < 1.29 is 13.5 Å². The van der Waals surface area contributed by atoms with Crippen LogP contribution in [0.4, 0.5) is 0 Å². The summed E-state index contributed by atoms with van der Waals surface area (Å²) in [4.78, 5) is 0. The van der Waals surface area contributed by atoms with Gasteiger partial charge < -0.3 is 5.11 Å². The number of nitrogens with one attached hydrogen (secondary N) is 1. The lowest BCUT2D eigenvalue weighted by molar-refractivity contribution is 0.246. The van der Waals surface area contributed by atoms with E-state index < -0.39 is 10.0 Å². The second kappa shape index (κ2) is 2.24. The summed E-state index contributed by atoms with van der Waals surface area (Å²) in [7, 11) is -3.02. The van der Waals surface area contributed by atoms with Crippen LogP contribution >= 0.6 is 0 Å². The Morgan fingerprint density at radius 2 is 2.33 bits per heavy atom. The van der Waals surface area contributed by atoms with E-state index in [1.807, 2.05) is 0 Å². The summed E-state index contributed by atoms with van der Waals surface area (Å²) in [5, 5.41) is 8.49. The largest absolute Gasteiger partial charge is 0.396 e. The molecule has 1 fully saturated rings. The molecular formula is C4H9NO3S.